The number of para-hydroxylation sites is 1. The van der Waals surface area contributed by atoms with Gasteiger partial charge in [-0.2, -0.15) is 5.10 Å². The minimum absolute atomic E-state index is 0.171. The van der Waals surface area contributed by atoms with Crippen LogP contribution in [0, 0.1) is 5.41 Å². The van der Waals surface area contributed by atoms with Crippen molar-refractivity contribution < 1.29 is 4.74 Å². The van der Waals surface area contributed by atoms with Crippen LogP contribution in [-0.2, 0) is 6.54 Å². The maximum absolute atomic E-state index is 8.08. The van der Waals surface area contributed by atoms with E-state index in [9.17, 15) is 0 Å². The summed E-state index contributed by atoms with van der Waals surface area (Å²) in [4.78, 5) is 0. The minimum Gasteiger partial charge on any atom is -0.496 e. The zero-order valence-corrected chi connectivity index (χ0v) is 13.3. The van der Waals surface area contributed by atoms with Crippen LogP contribution < -0.4 is 15.4 Å². The van der Waals surface area contributed by atoms with Crippen LogP contribution in [0.4, 0.5) is 5.82 Å². The molecule has 1 heterocycles. The Morgan fingerprint density at radius 1 is 1.12 bits per heavy atom. The van der Waals surface area contributed by atoms with Gasteiger partial charge in [-0.25, -0.2) is 0 Å². The molecule has 0 aliphatic rings. The number of hydrogen-bond donors (Lipinski definition) is 4. The van der Waals surface area contributed by atoms with Crippen LogP contribution >= 0.6 is 0 Å². The van der Waals surface area contributed by atoms with Crippen molar-refractivity contribution in [2.45, 2.75) is 6.54 Å². The lowest BCUT2D eigenvalue weighted by molar-refractivity contribution is 0.409. The number of nitrogens with one attached hydrogen (secondary N) is 4. The molecule has 1 aromatic heterocycles. The Balaban J connectivity index is 1.65. The molecule has 3 aromatic rings. The maximum Gasteiger partial charge on any atom is 0.194 e. The first kappa shape index (κ1) is 15.6. The van der Waals surface area contributed by atoms with Gasteiger partial charge in [0.2, 0.25) is 0 Å². The van der Waals surface area contributed by atoms with E-state index >= 15 is 0 Å². The van der Waals surface area contributed by atoms with E-state index in [0.29, 0.717) is 12.4 Å². The molecule has 2 aromatic carbocycles. The third-order valence-electron chi connectivity index (χ3n) is 3.62. The molecule has 6 nitrogen and oxygen atoms in total. The summed E-state index contributed by atoms with van der Waals surface area (Å²) in [7, 11) is 1.64. The van der Waals surface area contributed by atoms with Crippen LogP contribution in [-0.4, -0.2) is 23.3 Å². The minimum atomic E-state index is 0.171. The van der Waals surface area contributed by atoms with Crippen LogP contribution in [0.3, 0.4) is 0 Å². The summed E-state index contributed by atoms with van der Waals surface area (Å²) in [5.74, 6) is 1.58. The fraction of sp³-hybridized carbons (Fsp3) is 0.111. The van der Waals surface area contributed by atoms with Crippen molar-refractivity contribution in [3.8, 4) is 16.9 Å². The predicted molar refractivity (Wildman–Crippen MR) is 95.2 cm³/mol. The van der Waals surface area contributed by atoms with Gasteiger partial charge >= 0.3 is 0 Å². The molecule has 6 heteroatoms. The molecule has 0 unspecified atom stereocenters. The van der Waals surface area contributed by atoms with E-state index in [2.05, 4.69) is 20.8 Å². The number of H-pyrrole nitrogens is 1. The molecule has 0 aliphatic heterocycles. The average Bonchev–Trinajstić information content (AvgIpc) is 3.09. The summed E-state index contributed by atoms with van der Waals surface area (Å²) in [5, 5.41) is 21.1. The average molecular weight is 321 g/mol. The number of anilines is 1. The molecule has 122 valence electrons. The Morgan fingerprint density at radius 2 is 1.88 bits per heavy atom. The van der Waals surface area contributed by atoms with E-state index in [4.69, 9.17) is 10.1 Å². The van der Waals surface area contributed by atoms with E-state index in [1.807, 2.05) is 60.8 Å². The first-order valence-corrected chi connectivity index (χ1v) is 7.58. The molecule has 24 heavy (non-hydrogen) atoms. The van der Waals surface area contributed by atoms with E-state index in [1.165, 1.54) is 0 Å². The van der Waals surface area contributed by atoms with Gasteiger partial charge in [0.15, 0.2) is 11.8 Å². The second-order valence-electron chi connectivity index (χ2n) is 5.18. The summed E-state index contributed by atoms with van der Waals surface area (Å²) in [6.07, 6.45) is 1.81. The Bertz CT molecular complexity index is 813. The molecule has 4 N–H and O–H groups in total. The largest absolute Gasteiger partial charge is 0.496 e. The van der Waals surface area contributed by atoms with Crippen LogP contribution in [0.1, 0.15) is 5.56 Å². The van der Waals surface area contributed by atoms with E-state index in [1.54, 1.807) is 7.11 Å². The molecule has 0 saturated heterocycles. The number of rotatable bonds is 5. The molecule has 3 rings (SSSR count). The van der Waals surface area contributed by atoms with Gasteiger partial charge in [0, 0.05) is 23.9 Å². The highest BCUT2D eigenvalue weighted by Crippen LogP contribution is 2.25. The monoisotopic (exact) mass is 321 g/mol. The molecule has 0 bridgehead atoms. The second-order valence-corrected chi connectivity index (χ2v) is 5.18. The number of hydrogen-bond acceptors (Lipinski definition) is 3. The van der Waals surface area contributed by atoms with Crippen molar-refractivity contribution in [1.82, 2.24) is 15.5 Å². The Hall–Kier alpha value is -3.28. The van der Waals surface area contributed by atoms with Crippen molar-refractivity contribution in [3.63, 3.8) is 0 Å². The first-order chi connectivity index (χ1) is 11.8. The molecular weight excluding hydrogens is 302 g/mol. The van der Waals surface area contributed by atoms with Gasteiger partial charge in [0.1, 0.15) is 5.75 Å². The fourth-order valence-electron chi connectivity index (χ4n) is 2.42. The number of benzene rings is 2. The molecule has 0 atom stereocenters. The zero-order valence-electron chi connectivity index (χ0n) is 13.3. The lowest BCUT2D eigenvalue weighted by Crippen LogP contribution is -2.29. The SMILES string of the molecule is COc1ccccc1CNC(=N)Nc1n[nH]cc1-c1ccccc1. The molecule has 0 aliphatic carbocycles. The fourth-order valence-corrected chi connectivity index (χ4v) is 2.42. The predicted octanol–water partition coefficient (Wildman–Crippen LogP) is 3.22. The quantitative estimate of drug-likeness (QED) is 0.429. The molecule has 0 fully saturated rings. The van der Waals surface area contributed by atoms with Gasteiger partial charge < -0.3 is 15.4 Å². The maximum atomic E-state index is 8.08. The number of aromatic nitrogens is 2. The third kappa shape index (κ3) is 3.55. The second kappa shape index (κ2) is 7.32. The van der Waals surface area contributed by atoms with Gasteiger partial charge in [0.25, 0.3) is 0 Å². The number of methoxy groups -OCH3 is 1. The number of aromatic amines is 1. The standard InChI is InChI=1S/C18H19N5O/c1-24-16-10-6-5-9-14(16)11-20-18(19)22-17-15(12-21-23-17)13-7-3-2-4-8-13/h2-10,12H,11H2,1H3,(H4,19,20,21,22,23). The number of nitrogens with zero attached hydrogens (tertiary/aromatic N) is 1. The topological polar surface area (TPSA) is 85.8 Å². The van der Waals surface area contributed by atoms with Gasteiger partial charge in [-0.3, -0.25) is 10.5 Å². The van der Waals surface area contributed by atoms with Gasteiger partial charge in [-0.1, -0.05) is 48.5 Å². The van der Waals surface area contributed by atoms with Crippen LogP contribution in [0.5, 0.6) is 5.75 Å². The normalized spacial score (nSPS) is 10.2. The van der Waals surface area contributed by atoms with E-state index < -0.39 is 0 Å². The van der Waals surface area contributed by atoms with Gasteiger partial charge in [0.05, 0.1) is 7.11 Å². The number of guanidine groups is 1. The van der Waals surface area contributed by atoms with Crippen molar-refractivity contribution in [2.75, 3.05) is 12.4 Å². The first-order valence-electron chi connectivity index (χ1n) is 7.58. The summed E-state index contributed by atoms with van der Waals surface area (Å²) in [6, 6.07) is 17.6. The summed E-state index contributed by atoms with van der Waals surface area (Å²) in [5.41, 5.74) is 2.93. The highest BCUT2D eigenvalue weighted by molar-refractivity contribution is 5.94. The molecule has 0 spiro atoms. The van der Waals surface area contributed by atoms with Crippen molar-refractivity contribution in [1.29, 1.82) is 5.41 Å². The van der Waals surface area contributed by atoms with E-state index in [0.717, 1.165) is 22.4 Å². The highest BCUT2D eigenvalue weighted by atomic mass is 16.5. The summed E-state index contributed by atoms with van der Waals surface area (Å²) >= 11 is 0. The highest BCUT2D eigenvalue weighted by Gasteiger charge is 2.10. The smallest absolute Gasteiger partial charge is 0.194 e. The zero-order chi connectivity index (χ0) is 16.8. The van der Waals surface area contributed by atoms with Crippen molar-refractivity contribution >= 4 is 11.8 Å². The molecule has 0 saturated carbocycles. The Morgan fingerprint density at radius 3 is 2.67 bits per heavy atom. The Labute approximate surface area is 140 Å². The third-order valence-corrected chi connectivity index (χ3v) is 3.62. The van der Waals surface area contributed by atoms with Gasteiger partial charge in [-0.15, -0.1) is 0 Å². The van der Waals surface area contributed by atoms with Gasteiger partial charge in [-0.05, 0) is 11.6 Å². The van der Waals surface area contributed by atoms with Crippen molar-refractivity contribution in [3.05, 3.63) is 66.4 Å². The lowest BCUT2D eigenvalue weighted by Gasteiger charge is -2.12. The lowest BCUT2D eigenvalue weighted by atomic mass is 10.1. The van der Waals surface area contributed by atoms with Crippen LogP contribution in [0.2, 0.25) is 0 Å². The van der Waals surface area contributed by atoms with Crippen molar-refractivity contribution in [2.24, 2.45) is 0 Å². The van der Waals surface area contributed by atoms with Crippen LogP contribution in [0.15, 0.2) is 60.8 Å². The van der Waals surface area contributed by atoms with E-state index in [-0.39, 0.29) is 5.96 Å². The molecular formula is C18H19N5O. The number of ether oxygens (including phenoxy) is 1. The Kier molecular flexibility index (Phi) is 4.76. The molecule has 0 amide bonds. The summed E-state index contributed by atoms with van der Waals surface area (Å²) < 4.78 is 5.31. The van der Waals surface area contributed by atoms with Crippen LogP contribution in [0.25, 0.3) is 11.1 Å². The molecule has 0 radical (unpaired) electrons. The summed E-state index contributed by atoms with van der Waals surface area (Å²) in [6.45, 7) is 0.487.